The lowest BCUT2D eigenvalue weighted by molar-refractivity contribution is 0.100. The van der Waals surface area contributed by atoms with Crippen molar-refractivity contribution >= 4 is 23.0 Å². The van der Waals surface area contributed by atoms with Crippen LogP contribution in [-0.2, 0) is 0 Å². The van der Waals surface area contributed by atoms with Crippen molar-refractivity contribution in [1.29, 1.82) is 0 Å². The van der Waals surface area contributed by atoms with Crippen molar-refractivity contribution in [3.8, 4) is 0 Å². The summed E-state index contributed by atoms with van der Waals surface area (Å²) >= 11 is 0. The maximum Gasteiger partial charge on any atom is 0.250 e. The number of carbonyl (C=O) groups excluding carboxylic acids is 1. The van der Waals surface area contributed by atoms with E-state index in [1.807, 2.05) is 6.07 Å². The quantitative estimate of drug-likeness (QED) is 0.749. The van der Waals surface area contributed by atoms with E-state index in [-0.39, 0.29) is 0 Å². The fourth-order valence-electron chi connectivity index (χ4n) is 2.37. The molecule has 0 fully saturated rings. The summed E-state index contributed by atoms with van der Waals surface area (Å²) in [6.07, 6.45) is 0. The molecule has 0 bridgehead atoms. The van der Waals surface area contributed by atoms with Crippen molar-refractivity contribution < 1.29 is 4.79 Å². The zero-order valence-electron chi connectivity index (χ0n) is 11.9. The highest BCUT2D eigenvalue weighted by Gasteiger charge is 2.09. The number of benzene rings is 2. The molecule has 2 aromatic carbocycles. The molecule has 0 radical (unpaired) electrons. The Hall–Kier alpha value is -2.49. The van der Waals surface area contributed by atoms with Gasteiger partial charge in [0, 0.05) is 17.1 Å². The largest absolute Gasteiger partial charge is 0.398 e. The first-order chi connectivity index (χ1) is 9.38. The number of anilines is 3. The molecule has 1 amide bonds. The van der Waals surface area contributed by atoms with Gasteiger partial charge in [0.25, 0.3) is 5.91 Å². The Balaban J connectivity index is 2.41. The molecule has 104 valence electrons. The normalized spacial score (nSPS) is 10.3. The number of primary amides is 1. The molecule has 2 aromatic rings. The highest BCUT2D eigenvalue weighted by atomic mass is 16.1. The van der Waals surface area contributed by atoms with Crippen LogP contribution in [0.3, 0.4) is 0 Å². The second kappa shape index (κ2) is 5.25. The monoisotopic (exact) mass is 269 g/mol. The lowest BCUT2D eigenvalue weighted by Crippen LogP contribution is -2.13. The average molecular weight is 269 g/mol. The second-order valence-corrected chi connectivity index (χ2v) is 5.06. The van der Waals surface area contributed by atoms with Gasteiger partial charge in [-0.25, -0.2) is 0 Å². The van der Waals surface area contributed by atoms with Gasteiger partial charge in [-0.2, -0.15) is 0 Å². The van der Waals surface area contributed by atoms with Gasteiger partial charge in [0.2, 0.25) is 0 Å². The molecule has 2 rings (SSSR count). The standard InChI is InChI=1S/C16H19N3O/c1-9-6-10(2)15(11(3)7-9)19-12-4-5-14(17)13(8-12)16(18)20/h4-8,19H,17H2,1-3H3,(H2,18,20). The molecule has 0 aliphatic rings. The summed E-state index contributed by atoms with van der Waals surface area (Å²) < 4.78 is 0. The van der Waals surface area contributed by atoms with Crippen LogP contribution >= 0.6 is 0 Å². The fourth-order valence-corrected chi connectivity index (χ4v) is 2.37. The number of nitrogens with two attached hydrogens (primary N) is 2. The minimum Gasteiger partial charge on any atom is -0.398 e. The van der Waals surface area contributed by atoms with Crippen LogP contribution in [0, 0.1) is 20.8 Å². The van der Waals surface area contributed by atoms with Crippen molar-refractivity contribution in [3.05, 3.63) is 52.6 Å². The van der Waals surface area contributed by atoms with Crippen LogP contribution in [0.25, 0.3) is 0 Å². The third-order valence-electron chi connectivity index (χ3n) is 3.27. The van der Waals surface area contributed by atoms with Crippen molar-refractivity contribution in [2.24, 2.45) is 5.73 Å². The van der Waals surface area contributed by atoms with E-state index in [1.165, 1.54) is 5.56 Å². The van der Waals surface area contributed by atoms with E-state index in [0.717, 1.165) is 22.5 Å². The number of carbonyl (C=O) groups is 1. The fraction of sp³-hybridized carbons (Fsp3) is 0.188. The van der Waals surface area contributed by atoms with Gasteiger partial charge in [0.15, 0.2) is 0 Å². The summed E-state index contributed by atoms with van der Waals surface area (Å²) in [5.41, 5.74) is 17.1. The number of hydrogen-bond acceptors (Lipinski definition) is 3. The van der Waals surface area contributed by atoms with Crippen LogP contribution in [-0.4, -0.2) is 5.91 Å². The molecule has 4 heteroatoms. The predicted molar refractivity (Wildman–Crippen MR) is 83.3 cm³/mol. The van der Waals surface area contributed by atoms with Gasteiger partial charge in [0.05, 0.1) is 5.56 Å². The summed E-state index contributed by atoms with van der Waals surface area (Å²) in [4.78, 5) is 11.3. The molecule has 0 unspecified atom stereocenters. The number of rotatable bonds is 3. The van der Waals surface area contributed by atoms with Gasteiger partial charge in [-0.1, -0.05) is 17.7 Å². The Morgan fingerprint density at radius 3 is 2.20 bits per heavy atom. The van der Waals surface area contributed by atoms with Crippen molar-refractivity contribution in [2.45, 2.75) is 20.8 Å². The smallest absolute Gasteiger partial charge is 0.250 e. The third kappa shape index (κ3) is 2.74. The molecule has 0 aliphatic heterocycles. The molecule has 0 aromatic heterocycles. The van der Waals surface area contributed by atoms with Crippen LogP contribution < -0.4 is 16.8 Å². The minimum absolute atomic E-state index is 0.331. The summed E-state index contributed by atoms with van der Waals surface area (Å²) in [5, 5.41) is 3.33. The van der Waals surface area contributed by atoms with E-state index < -0.39 is 5.91 Å². The number of hydrogen-bond donors (Lipinski definition) is 3. The molecule has 4 nitrogen and oxygen atoms in total. The summed E-state index contributed by atoms with van der Waals surface area (Å²) in [5.74, 6) is -0.525. The molecule has 5 N–H and O–H groups in total. The lowest BCUT2D eigenvalue weighted by Gasteiger charge is -2.15. The number of nitrogen functional groups attached to an aromatic ring is 1. The van der Waals surface area contributed by atoms with E-state index in [2.05, 4.69) is 38.2 Å². The van der Waals surface area contributed by atoms with Gasteiger partial charge in [-0.05, 0) is 50.1 Å². The highest BCUT2D eigenvalue weighted by Crippen LogP contribution is 2.27. The van der Waals surface area contributed by atoms with Crippen LogP contribution in [0.2, 0.25) is 0 Å². The Labute approximate surface area is 118 Å². The summed E-state index contributed by atoms with van der Waals surface area (Å²) in [6, 6.07) is 9.42. The second-order valence-electron chi connectivity index (χ2n) is 5.06. The van der Waals surface area contributed by atoms with Crippen molar-refractivity contribution in [3.63, 3.8) is 0 Å². The van der Waals surface area contributed by atoms with Gasteiger partial charge in [-0.15, -0.1) is 0 Å². The van der Waals surface area contributed by atoms with E-state index in [0.29, 0.717) is 11.3 Å². The van der Waals surface area contributed by atoms with Crippen molar-refractivity contribution in [2.75, 3.05) is 11.1 Å². The Bertz CT molecular complexity index is 654. The van der Waals surface area contributed by atoms with Crippen LogP contribution in [0.4, 0.5) is 17.1 Å². The van der Waals surface area contributed by atoms with Crippen LogP contribution in [0.15, 0.2) is 30.3 Å². The van der Waals surface area contributed by atoms with E-state index in [9.17, 15) is 4.79 Å². The molecule has 0 spiro atoms. The van der Waals surface area contributed by atoms with E-state index >= 15 is 0 Å². The molecule has 0 saturated carbocycles. The van der Waals surface area contributed by atoms with Gasteiger partial charge in [-0.3, -0.25) is 4.79 Å². The zero-order valence-corrected chi connectivity index (χ0v) is 11.9. The lowest BCUT2D eigenvalue weighted by atomic mass is 10.0. The predicted octanol–water partition coefficient (Wildman–Crippen LogP) is 3.04. The third-order valence-corrected chi connectivity index (χ3v) is 3.27. The Morgan fingerprint density at radius 1 is 1.05 bits per heavy atom. The van der Waals surface area contributed by atoms with Crippen LogP contribution in [0.5, 0.6) is 0 Å². The van der Waals surface area contributed by atoms with Crippen molar-refractivity contribution in [1.82, 2.24) is 0 Å². The molecule has 0 saturated heterocycles. The van der Waals surface area contributed by atoms with Crippen LogP contribution in [0.1, 0.15) is 27.0 Å². The first kappa shape index (κ1) is 13.9. The maximum atomic E-state index is 11.3. The molecule has 0 atom stereocenters. The first-order valence-electron chi connectivity index (χ1n) is 6.42. The molecular formula is C16H19N3O. The van der Waals surface area contributed by atoms with Gasteiger partial charge in [0.1, 0.15) is 0 Å². The summed E-state index contributed by atoms with van der Waals surface area (Å²) in [7, 11) is 0. The number of aryl methyl sites for hydroxylation is 3. The highest BCUT2D eigenvalue weighted by molar-refractivity contribution is 5.99. The molecule has 20 heavy (non-hydrogen) atoms. The van der Waals surface area contributed by atoms with Gasteiger partial charge < -0.3 is 16.8 Å². The Morgan fingerprint density at radius 2 is 1.65 bits per heavy atom. The number of amides is 1. The topological polar surface area (TPSA) is 81.1 Å². The maximum absolute atomic E-state index is 11.3. The number of nitrogens with one attached hydrogen (secondary N) is 1. The molecule has 0 aliphatic carbocycles. The van der Waals surface area contributed by atoms with E-state index in [4.69, 9.17) is 11.5 Å². The Kier molecular flexibility index (Phi) is 3.66. The van der Waals surface area contributed by atoms with Gasteiger partial charge >= 0.3 is 0 Å². The molecular weight excluding hydrogens is 250 g/mol. The zero-order chi connectivity index (χ0) is 14.9. The molecule has 0 heterocycles. The minimum atomic E-state index is -0.525. The summed E-state index contributed by atoms with van der Waals surface area (Å²) in [6.45, 7) is 6.17. The van der Waals surface area contributed by atoms with E-state index in [1.54, 1.807) is 12.1 Å². The average Bonchev–Trinajstić information content (AvgIpc) is 2.35. The first-order valence-corrected chi connectivity index (χ1v) is 6.42. The SMILES string of the molecule is Cc1cc(C)c(Nc2ccc(N)c(C(N)=O)c2)c(C)c1.